The van der Waals surface area contributed by atoms with Gasteiger partial charge in [-0.2, -0.15) is 0 Å². The Morgan fingerprint density at radius 2 is 1.85 bits per heavy atom. The van der Waals surface area contributed by atoms with Crippen molar-refractivity contribution >= 4 is 17.5 Å². The Bertz CT molecular complexity index is 649. The van der Waals surface area contributed by atoms with E-state index in [0.717, 1.165) is 32.4 Å². The topological polar surface area (TPSA) is 42.0 Å². The highest BCUT2D eigenvalue weighted by Gasteiger charge is 2.35. The molecule has 1 aromatic rings. The zero-order valence-electron chi connectivity index (χ0n) is 15.9. The van der Waals surface area contributed by atoms with Crippen LogP contribution < -0.4 is 4.74 Å². The molecule has 27 heavy (non-hydrogen) atoms. The average molecular weight is 393 g/mol. The van der Waals surface area contributed by atoms with E-state index in [2.05, 4.69) is 4.90 Å². The fourth-order valence-electron chi connectivity index (χ4n) is 4.26. The fourth-order valence-corrected chi connectivity index (χ4v) is 4.48. The van der Waals surface area contributed by atoms with E-state index in [1.807, 2.05) is 17.0 Å². The molecule has 3 aliphatic rings. The number of carbonyl (C=O) groups excluding carboxylic acids is 1. The zero-order valence-corrected chi connectivity index (χ0v) is 16.6. The Hall–Kier alpha value is -1.30. The molecule has 1 aliphatic carbocycles. The van der Waals surface area contributed by atoms with E-state index in [1.54, 1.807) is 6.07 Å². The number of hydrogen-bond acceptors (Lipinski definition) is 4. The van der Waals surface area contributed by atoms with Crippen molar-refractivity contribution < 1.29 is 14.3 Å². The van der Waals surface area contributed by atoms with E-state index < -0.39 is 0 Å². The predicted molar refractivity (Wildman–Crippen MR) is 106 cm³/mol. The quantitative estimate of drug-likeness (QED) is 0.785. The monoisotopic (exact) mass is 392 g/mol. The van der Waals surface area contributed by atoms with Gasteiger partial charge in [0.2, 0.25) is 0 Å². The Morgan fingerprint density at radius 3 is 2.63 bits per heavy atom. The third-order valence-electron chi connectivity index (χ3n) is 5.96. The lowest BCUT2D eigenvalue weighted by atomic mass is 9.86. The van der Waals surface area contributed by atoms with Crippen LogP contribution in [-0.2, 0) is 4.74 Å². The molecule has 6 heteroatoms. The lowest BCUT2D eigenvalue weighted by Gasteiger charge is -2.44. The Balaban J connectivity index is 1.31. The van der Waals surface area contributed by atoms with Crippen molar-refractivity contribution in [3.05, 3.63) is 28.8 Å². The lowest BCUT2D eigenvalue weighted by molar-refractivity contribution is 0.00896. The second kappa shape index (κ2) is 8.80. The van der Waals surface area contributed by atoms with E-state index >= 15 is 0 Å². The van der Waals surface area contributed by atoms with Crippen LogP contribution >= 0.6 is 11.6 Å². The van der Waals surface area contributed by atoms with Crippen LogP contribution in [0.5, 0.6) is 5.75 Å². The molecule has 0 bridgehead atoms. The van der Waals surface area contributed by atoms with Crippen molar-refractivity contribution in [1.82, 2.24) is 9.80 Å². The first-order valence-electron chi connectivity index (χ1n) is 10.3. The van der Waals surface area contributed by atoms with Gasteiger partial charge in [-0.25, -0.2) is 0 Å². The van der Waals surface area contributed by atoms with Crippen molar-refractivity contribution in [3.8, 4) is 5.75 Å². The second-order valence-electron chi connectivity index (χ2n) is 7.87. The Morgan fingerprint density at radius 1 is 1.04 bits per heavy atom. The molecule has 0 unspecified atom stereocenters. The Kier molecular flexibility index (Phi) is 6.21. The van der Waals surface area contributed by atoms with Crippen molar-refractivity contribution in [3.63, 3.8) is 0 Å². The Labute approximate surface area is 166 Å². The minimum atomic E-state index is 0.0164. The van der Waals surface area contributed by atoms with E-state index in [1.165, 1.54) is 32.4 Å². The number of carbonyl (C=O) groups is 1. The zero-order chi connectivity index (χ0) is 18.6. The number of benzene rings is 1. The minimum Gasteiger partial charge on any atom is -0.489 e. The number of nitrogens with zero attached hydrogens (tertiary/aromatic N) is 2. The van der Waals surface area contributed by atoms with Gasteiger partial charge in [0.05, 0.1) is 11.6 Å². The number of piperidine rings is 1. The van der Waals surface area contributed by atoms with Crippen molar-refractivity contribution in [2.24, 2.45) is 0 Å². The third kappa shape index (κ3) is 4.58. The highest BCUT2D eigenvalue weighted by atomic mass is 35.5. The highest BCUT2D eigenvalue weighted by Crippen LogP contribution is 2.34. The van der Waals surface area contributed by atoms with Crippen LogP contribution in [0.4, 0.5) is 0 Å². The van der Waals surface area contributed by atoms with E-state index in [9.17, 15) is 4.79 Å². The molecule has 1 amide bonds. The second-order valence-corrected chi connectivity index (χ2v) is 8.27. The summed E-state index contributed by atoms with van der Waals surface area (Å²) < 4.78 is 11.5. The number of halogens is 1. The first-order valence-corrected chi connectivity index (χ1v) is 10.7. The maximum absolute atomic E-state index is 12.7. The van der Waals surface area contributed by atoms with Crippen molar-refractivity contribution in [2.45, 2.75) is 50.7 Å². The normalized spacial score (nSPS) is 26.9. The van der Waals surface area contributed by atoms with Crippen LogP contribution in [0.2, 0.25) is 5.02 Å². The van der Waals surface area contributed by atoms with Gasteiger partial charge in [0, 0.05) is 44.1 Å². The first-order chi connectivity index (χ1) is 13.2. The summed E-state index contributed by atoms with van der Waals surface area (Å²) in [5, 5.41) is 0.522. The molecular weight excluding hydrogens is 364 g/mol. The van der Waals surface area contributed by atoms with E-state index in [0.29, 0.717) is 35.5 Å². The van der Waals surface area contributed by atoms with Crippen LogP contribution in [0.25, 0.3) is 0 Å². The van der Waals surface area contributed by atoms with Gasteiger partial charge in [0.25, 0.3) is 5.91 Å². The van der Waals surface area contributed by atoms with Gasteiger partial charge in [-0.1, -0.05) is 18.0 Å². The molecule has 0 radical (unpaired) electrons. The van der Waals surface area contributed by atoms with Crippen molar-refractivity contribution in [2.75, 3.05) is 39.4 Å². The van der Waals surface area contributed by atoms with Crippen LogP contribution in [0.1, 0.15) is 48.9 Å². The molecule has 148 valence electrons. The van der Waals surface area contributed by atoms with Crippen LogP contribution in [-0.4, -0.2) is 67.2 Å². The maximum atomic E-state index is 12.7. The van der Waals surface area contributed by atoms with Gasteiger partial charge in [-0.3, -0.25) is 4.79 Å². The van der Waals surface area contributed by atoms with Gasteiger partial charge >= 0.3 is 0 Å². The molecule has 0 atom stereocenters. The average Bonchev–Trinajstić information content (AvgIpc) is 2.95. The fraction of sp³-hybridized carbons (Fsp3) is 0.667. The molecule has 0 N–H and O–H groups in total. The van der Waals surface area contributed by atoms with Gasteiger partial charge in [-0.15, -0.1) is 0 Å². The van der Waals surface area contributed by atoms with Crippen LogP contribution in [0.3, 0.4) is 0 Å². The summed E-state index contributed by atoms with van der Waals surface area (Å²) in [4.78, 5) is 17.1. The standard InChI is InChI=1S/C21H29ClN2O3/c22-19-13-16(21(25)24-9-4-11-26-12-10-24)5-6-20(19)27-18-14-17(15-18)23-7-2-1-3-8-23/h5-6,13,17-18H,1-4,7-12,14-15H2/t17-,18-. The largest absolute Gasteiger partial charge is 0.489 e. The number of amides is 1. The van der Waals surface area contributed by atoms with Crippen LogP contribution in [0.15, 0.2) is 18.2 Å². The molecular formula is C21H29ClN2O3. The molecule has 1 aromatic carbocycles. The summed E-state index contributed by atoms with van der Waals surface area (Å²) in [6.45, 7) is 5.15. The summed E-state index contributed by atoms with van der Waals surface area (Å²) in [7, 11) is 0. The number of ether oxygens (including phenoxy) is 2. The third-order valence-corrected chi connectivity index (χ3v) is 6.25. The van der Waals surface area contributed by atoms with E-state index in [-0.39, 0.29) is 12.0 Å². The summed E-state index contributed by atoms with van der Waals surface area (Å²) >= 11 is 6.42. The molecule has 0 spiro atoms. The minimum absolute atomic E-state index is 0.0164. The number of hydrogen-bond donors (Lipinski definition) is 0. The van der Waals surface area contributed by atoms with E-state index in [4.69, 9.17) is 21.1 Å². The lowest BCUT2D eigenvalue weighted by Crippen LogP contribution is -2.50. The summed E-state index contributed by atoms with van der Waals surface area (Å²) in [6, 6.07) is 6.08. The van der Waals surface area contributed by atoms with Crippen molar-refractivity contribution in [1.29, 1.82) is 0 Å². The number of likely N-dealkylation sites (tertiary alicyclic amines) is 1. The molecule has 2 heterocycles. The molecule has 3 fully saturated rings. The summed E-state index contributed by atoms with van der Waals surface area (Å²) in [5.74, 6) is 0.706. The smallest absolute Gasteiger partial charge is 0.253 e. The number of rotatable bonds is 4. The molecule has 4 rings (SSSR count). The van der Waals surface area contributed by atoms with Gasteiger partial charge in [0.15, 0.2) is 0 Å². The predicted octanol–water partition coefficient (Wildman–Crippen LogP) is 3.60. The summed E-state index contributed by atoms with van der Waals surface area (Å²) in [6.07, 6.45) is 7.28. The molecule has 2 saturated heterocycles. The van der Waals surface area contributed by atoms with Gasteiger partial charge in [0.1, 0.15) is 11.9 Å². The first kappa shape index (κ1) is 19.0. The maximum Gasteiger partial charge on any atom is 0.253 e. The summed E-state index contributed by atoms with van der Waals surface area (Å²) in [5.41, 5.74) is 0.619. The SMILES string of the molecule is O=C(c1ccc(O[C@H]2C[C@H](N3CCCCC3)C2)c(Cl)c1)N1CCCOCC1. The van der Waals surface area contributed by atoms with Crippen LogP contribution in [0, 0.1) is 0 Å². The highest BCUT2D eigenvalue weighted by molar-refractivity contribution is 6.32. The van der Waals surface area contributed by atoms with Gasteiger partial charge < -0.3 is 19.3 Å². The molecule has 5 nitrogen and oxygen atoms in total. The molecule has 1 saturated carbocycles. The molecule has 0 aromatic heterocycles. The van der Waals surface area contributed by atoms with Gasteiger partial charge in [-0.05, 0) is 50.6 Å². The molecule has 2 aliphatic heterocycles.